The third-order valence-corrected chi connectivity index (χ3v) is 3.74. The Hall–Kier alpha value is -2.53. The highest BCUT2D eigenvalue weighted by atomic mass is 32.1. The zero-order valence-electron chi connectivity index (χ0n) is 10.9. The molecule has 3 rings (SSSR count). The number of nitrogens with one attached hydrogen (secondary N) is 1. The summed E-state index contributed by atoms with van der Waals surface area (Å²) < 4.78 is 13.8. The molecule has 2 aromatic carbocycles. The van der Waals surface area contributed by atoms with Crippen LogP contribution in [-0.4, -0.2) is 10.9 Å². The summed E-state index contributed by atoms with van der Waals surface area (Å²) in [7, 11) is 0. The second-order valence-corrected chi connectivity index (χ2v) is 5.39. The van der Waals surface area contributed by atoms with Gasteiger partial charge in [-0.25, -0.2) is 9.37 Å². The Morgan fingerprint density at radius 3 is 2.81 bits per heavy atom. The van der Waals surface area contributed by atoms with Gasteiger partial charge in [0.1, 0.15) is 5.82 Å². The predicted octanol–water partition coefficient (Wildman–Crippen LogP) is 4.09. The van der Waals surface area contributed by atoms with E-state index in [1.165, 1.54) is 29.5 Å². The van der Waals surface area contributed by atoms with Crippen molar-refractivity contribution in [3.8, 4) is 0 Å². The number of carbonyl (C=O) groups excluding carboxylic acids is 1. The summed E-state index contributed by atoms with van der Waals surface area (Å²) in [6, 6.07) is 13.9. The van der Waals surface area contributed by atoms with E-state index < -0.39 is 0 Å². The highest BCUT2D eigenvalue weighted by molar-refractivity contribution is 7.22. The maximum absolute atomic E-state index is 13.1. The highest BCUT2D eigenvalue weighted by Gasteiger charge is 2.06. The Balaban J connectivity index is 1.73. The summed E-state index contributed by atoms with van der Waals surface area (Å²) >= 11 is 1.24. The van der Waals surface area contributed by atoms with Gasteiger partial charge in [-0.2, -0.15) is 0 Å². The van der Waals surface area contributed by atoms with E-state index in [1.807, 2.05) is 30.3 Å². The Bertz CT molecular complexity index is 812. The van der Waals surface area contributed by atoms with Crippen LogP contribution in [0.5, 0.6) is 0 Å². The first-order valence-electron chi connectivity index (χ1n) is 6.31. The number of benzene rings is 2. The van der Waals surface area contributed by atoms with Crippen LogP contribution in [0.3, 0.4) is 0 Å². The summed E-state index contributed by atoms with van der Waals surface area (Å²) in [6.45, 7) is 0. The van der Waals surface area contributed by atoms with Gasteiger partial charge in [-0.15, -0.1) is 0 Å². The second kappa shape index (κ2) is 5.85. The smallest absolute Gasteiger partial charge is 0.250 e. The van der Waals surface area contributed by atoms with Gasteiger partial charge >= 0.3 is 0 Å². The van der Waals surface area contributed by atoms with Crippen molar-refractivity contribution >= 4 is 38.7 Å². The van der Waals surface area contributed by atoms with Crippen LogP contribution in [0.4, 0.5) is 9.52 Å². The number of amides is 1. The van der Waals surface area contributed by atoms with Gasteiger partial charge in [-0.3, -0.25) is 10.1 Å². The van der Waals surface area contributed by atoms with Gasteiger partial charge in [0.2, 0.25) is 5.91 Å². The van der Waals surface area contributed by atoms with Crippen molar-refractivity contribution in [2.45, 2.75) is 0 Å². The zero-order chi connectivity index (χ0) is 14.7. The number of hydrogen-bond donors (Lipinski definition) is 1. The average molecular weight is 298 g/mol. The fourth-order valence-electron chi connectivity index (χ4n) is 1.84. The van der Waals surface area contributed by atoms with Gasteiger partial charge in [-0.1, -0.05) is 41.7 Å². The molecule has 1 aromatic heterocycles. The average Bonchev–Trinajstić information content (AvgIpc) is 2.87. The Morgan fingerprint density at radius 2 is 2.00 bits per heavy atom. The summed E-state index contributed by atoms with van der Waals surface area (Å²) in [6.07, 6.45) is 3.17. The topological polar surface area (TPSA) is 42.0 Å². The van der Waals surface area contributed by atoms with Crippen LogP contribution in [0.2, 0.25) is 0 Å². The highest BCUT2D eigenvalue weighted by Crippen LogP contribution is 2.26. The van der Waals surface area contributed by atoms with Crippen LogP contribution in [-0.2, 0) is 4.79 Å². The largest absolute Gasteiger partial charge is 0.298 e. The van der Waals surface area contributed by atoms with Crippen molar-refractivity contribution in [2.75, 3.05) is 5.32 Å². The molecule has 0 saturated carbocycles. The first-order valence-corrected chi connectivity index (χ1v) is 7.12. The van der Waals surface area contributed by atoms with Gasteiger partial charge in [0.05, 0.1) is 10.2 Å². The van der Waals surface area contributed by atoms with Gasteiger partial charge in [-0.05, 0) is 29.8 Å². The number of aromatic nitrogens is 1. The molecular weight excluding hydrogens is 287 g/mol. The third-order valence-electron chi connectivity index (χ3n) is 2.81. The van der Waals surface area contributed by atoms with Crippen molar-refractivity contribution in [2.24, 2.45) is 0 Å². The van der Waals surface area contributed by atoms with Gasteiger partial charge in [0.15, 0.2) is 5.13 Å². The molecule has 0 spiro atoms. The molecule has 0 saturated heterocycles. The fourth-order valence-corrected chi connectivity index (χ4v) is 2.73. The van der Waals surface area contributed by atoms with Crippen molar-refractivity contribution in [1.29, 1.82) is 0 Å². The molecule has 5 heteroatoms. The van der Waals surface area contributed by atoms with Crippen LogP contribution in [0.1, 0.15) is 5.56 Å². The van der Waals surface area contributed by atoms with E-state index in [0.29, 0.717) is 15.3 Å². The van der Waals surface area contributed by atoms with Crippen molar-refractivity contribution in [3.05, 3.63) is 66.0 Å². The summed E-state index contributed by atoms with van der Waals surface area (Å²) in [5.74, 6) is -0.577. The van der Waals surface area contributed by atoms with E-state index in [2.05, 4.69) is 10.3 Å². The van der Waals surface area contributed by atoms with Crippen LogP contribution >= 0.6 is 11.3 Å². The van der Waals surface area contributed by atoms with Gasteiger partial charge in [0, 0.05) is 6.08 Å². The van der Waals surface area contributed by atoms with E-state index in [-0.39, 0.29) is 11.7 Å². The molecule has 3 aromatic rings. The lowest BCUT2D eigenvalue weighted by molar-refractivity contribution is -0.111. The minimum Gasteiger partial charge on any atom is -0.298 e. The summed E-state index contributed by atoms with van der Waals surface area (Å²) in [5.41, 5.74) is 1.61. The number of anilines is 1. The molecule has 0 radical (unpaired) electrons. The predicted molar refractivity (Wildman–Crippen MR) is 83.7 cm³/mol. The lowest BCUT2D eigenvalue weighted by atomic mass is 10.2. The quantitative estimate of drug-likeness (QED) is 0.740. The Morgan fingerprint density at radius 1 is 1.19 bits per heavy atom. The maximum atomic E-state index is 13.1. The number of fused-ring (bicyclic) bond motifs is 1. The molecule has 0 aliphatic carbocycles. The molecule has 104 valence electrons. The SMILES string of the molecule is O=C(C=Cc1ccccc1)Nc1nc2ccc(F)cc2s1. The van der Waals surface area contributed by atoms with E-state index in [0.717, 1.165) is 5.56 Å². The first-order chi connectivity index (χ1) is 10.2. The van der Waals surface area contributed by atoms with E-state index in [1.54, 1.807) is 12.1 Å². The number of thiazole rings is 1. The molecule has 0 bridgehead atoms. The molecule has 1 heterocycles. The van der Waals surface area contributed by atoms with Crippen LogP contribution in [0.15, 0.2) is 54.6 Å². The molecule has 3 nitrogen and oxygen atoms in total. The molecule has 0 aliphatic rings. The molecule has 21 heavy (non-hydrogen) atoms. The van der Waals surface area contributed by atoms with Gasteiger partial charge in [0.25, 0.3) is 0 Å². The number of halogens is 1. The lowest BCUT2D eigenvalue weighted by Crippen LogP contribution is -2.07. The van der Waals surface area contributed by atoms with Crippen LogP contribution in [0, 0.1) is 5.82 Å². The molecule has 0 aliphatic heterocycles. The Labute approximate surface area is 124 Å². The maximum Gasteiger partial charge on any atom is 0.250 e. The number of carbonyl (C=O) groups is 1. The Kier molecular flexibility index (Phi) is 3.75. The minimum atomic E-state index is -0.312. The molecule has 0 unspecified atom stereocenters. The molecule has 0 atom stereocenters. The third kappa shape index (κ3) is 3.32. The first kappa shape index (κ1) is 13.5. The van der Waals surface area contributed by atoms with E-state index in [9.17, 15) is 9.18 Å². The van der Waals surface area contributed by atoms with Crippen LogP contribution < -0.4 is 5.32 Å². The van der Waals surface area contributed by atoms with Crippen molar-refractivity contribution < 1.29 is 9.18 Å². The second-order valence-electron chi connectivity index (χ2n) is 4.36. The standard InChI is InChI=1S/C16H11FN2OS/c17-12-7-8-13-14(10-12)21-16(18-13)19-15(20)9-6-11-4-2-1-3-5-11/h1-10H,(H,18,19,20). The molecule has 1 amide bonds. The van der Waals surface area contributed by atoms with E-state index >= 15 is 0 Å². The molecule has 1 N–H and O–H groups in total. The molecule has 0 fully saturated rings. The monoisotopic (exact) mass is 298 g/mol. The van der Waals surface area contributed by atoms with Crippen molar-refractivity contribution in [3.63, 3.8) is 0 Å². The fraction of sp³-hybridized carbons (Fsp3) is 0. The summed E-state index contributed by atoms with van der Waals surface area (Å²) in [5, 5.41) is 3.14. The normalized spacial score (nSPS) is 11.1. The van der Waals surface area contributed by atoms with Crippen LogP contribution in [0.25, 0.3) is 16.3 Å². The molecular formula is C16H11FN2OS. The lowest BCUT2D eigenvalue weighted by Gasteiger charge is -1.95. The summed E-state index contributed by atoms with van der Waals surface area (Å²) in [4.78, 5) is 16.1. The van der Waals surface area contributed by atoms with Crippen molar-refractivity contribution in [1.82, 2.24) is 4.98 Å². The number of rotatable bonds is 3. The van der Waals surface area contributed by atoms with E-state index in [4.69, 9.17) is 0 Å². The number of nitrogens with zero attached hydrogens (tertiary/aromatic N) is 1. The number of hydrogen-bond acceptors (Lipinski definition) is 3. The minimum absolute atomic E-state index is 0.265. The van der Waals surface area contributed by atoms with Gasteiger partial charge < -0.3 is 0 Å². The zero-order valence-corrected chi connectivity index (χ0v) is 11.7.